The van der Waals surface area contributed by atoms with E-state index in [1.165, 1.54) is 4.90 Å². The van der Waals surface area contributed by atoms with Crippen molar-refractivity contribution in [3.8, 4) is 0 Å². The number of aromatic nitrogens is 1. The Kier molecular flexibility index (Phi) is 4.17. The zero-order valence-corrected chi connectivity index (χ0v) is 16.0. The second-order valence-corrected chi connectivity index (χ2v) is 8.05. The molecule has 0 unspecified atom stereocenters. The fourth-order valence-corrected chi connectivity index (χ4v) is 4.82. The van der Waals surface area contributed by atoms with Gasteiger partial charge in [-0.05, 0) is 35.9 Å². The first-order valence-electron chi connectivity index (χ1n) is 9.26. The Morgan fingerprint density at radius 2 is 1.71 bits per heavy atom. The van der Waals surface area contributed by atoms with Gasteiger partial charge in [0, 0.05) is 40.0 Å². The number of hydrogen-bond donors (Lipinski definition) is 1. The molecule has 0 atom stereocenters. The van der Waals surface area contributed by atoms with Gasteiger partial charge < -0.3 is 9.88 Å². The molecule has 28 heavy (non-hydrogen) atoms. The lowest BCUT2D eigenvalue weighted by Crippen LogP contribution is -2.32. The average molecular weight is 386 g/mol. The second kappa shape index (κ2) is 6.84. The summed E-state index contributed by atoms with van der Waals surface area (Å²) in [5.41, 5.74) is 3.02. The van der Waals surface area contributed by atoms with Gasteiger partial charge in [-0.1, -0.05) is 36.4 Å². The van der Waals surface area contributed by atoms with Crippen molar-refractivity contribution in [3.05, 3.63) is 88.1 Å². The van der Waals surface area contributed by atoms with Crippen molar-refractivity contribution < 1.29 is 4.79 Å². The first-order valence-corrected chi connectivity index (χ1v) is 10.2. The van der Waals surface area contributed by atoms with Gasteiger partial charge in [0.25, 0.3) is 5.91 Å². The summed E-state index contributed by atoms with van der Waals surface area (Å²) in [6, 6.07) is 21.0. The molecule has 1 aliphatic rings. The van der Waals surface area contributed by atoms with Gasteiger partial charge in [-0.2, -0.15) is 0 Å². The zero-order chi connectivity index (χ0) is 19.1. The van der Waals surface area contributed by atoms with Gasteiger partial charge in [-0.3, -0.25) is 9.59 Å². The molecule has 1 aliphatic heterocycles. The Morgan fingerprint density at radius 3 is 2.64 bits per heavy atom. The van der Waals surface area contributed by atoms with Gasteiger partial charge in [0.15, 0.2) is 5.43 Å². The van der Waals surface area contributed by atoms with E-state index in [-0.39, 0.29) is 11.3 Å². The number of fused-ring (bicyclic) bond motifs is 3. The largest absolute Gasteiger partial charge is 0.354 e. The molecular formula is C23H18N2O2S. The summed E-state index contributed by atoms with van der Waals surface area (Å²) < 4.78 is 0. The van der Waals surface area contributed by atoms with Crippen LogP contribution < -0.4 is 5.43 Å². The predicted octanol–water partition coefficient (Wildman–Crippen LogP) is 4.43. The molecule has 3 aromatic carbocycles. The maximum atomic E-state index is 13.4. The molecular weight excluding hydrogens is 368 g/mol. The Bertz CT molecular complexity index is 1280. The third-order valence-corrected chi connectivity index (χ3v) is 6.31. The lowest BCUT2D eigenvalue weighted by molar-refractivity contribution is 0.0756. The number of hydrogen-bond acceptors (Lipinski definition) is 3. The van der Waals surface area contributed by atoms with E-state index in [0.29, 0.717) is 34.9 Å². The summed E-state index contributed by atoms with van der Waals surface area (Å²) >= 11 is 1.78. The van der Waals surface area contributed by atoms with Crippen molar-refractivity contribution in [1.82, 2.24) is 9.88 Å². The molecule has 0 radical (unpaired) electrons. The van der Waals surface area contributed by atoms with Crippen molar-refractivity contribution >= 4 is 39.5 Å². The van der Waals surface area contributed by atoms with Crippen LogP contribution >= 0.6 is 11.8 Å². The van der Waals surface area contributed by atoms with Crippen LogP contribution in [0.15, 0.2) is 76.4 Å². The standard InChI is InChI=1S/C23H18N2O2S/c26-22-16-7-2-3-10-19(16)24-21-17(22)8-5-9-18(21)23(27)25-12-13-28-20-11-4-1-6-15(20)14-25/h1-11H,12-14H2,(H,24,26). The van der Waals surface area contributed by atoms with E-state index in [2.05, 4.69) is 17.1 Å². The maximum Gasteiger partial charge on any atom is 0.256 e. The van der Waals surface area contributed by atoms with E-state index < -0.39 is 0 Å². The quantitative estimate of drug-likeness (QED) is 0.493. The third-order valence-electron chi connectivity index (χ3n) is 5.21. The van der Waals surface area contributed by atoms with Crippen LogP contribution in [0.25, 0.3) is 21.8 Å². The molecule has 0 bridgehead atoms. The molecule has 2 heterocycles. The van der Waals surface area contributed by atoms with Gasteiger partial charge in [0.1, 0.15) is 0 Å². The molecule has 4 aromatic rings. The topological polar surface area (TPSA) is 53.2 Å². The number of aromatic amines is 1. The van der Waals surface area contributed by atoms with Crippen molar-refractivity contribution in [2.24, 2.45) is 0 Å². The number of carbonyl (C=O) groups excluding carboxylic acids is 1. The average Bonchev–Trinajstić information content (AvgIpc) is 2.96. The summed E-state index contributed by atoms with van der Waals surface area (Å²) in [6.45, 7) is 1.25. The Balaban J connectivity index is 1.63. The molecule has 1 amide bonds. The number of H-pyrrole nitrogens is 1. The molecule has 0 aliphatic carbocycles. The Labute approximate surface area is 166 Å². The fourth-order valence-electron chi connectivity index (χ4n) is 3.79. The number of nitrogens with zero attached hydrogens (tertiary/aromatic N) is 1. The minimum Gasteiger partial charge on any atom is -0.354 e. The minimum atomic E-state index is -0.0474. The van der Waals surface area contributed by atoms with Gasteiger partial charge in [-0.25, -0.2) is 0 Å². The predicted molar refractivity (Wildman–Crippen MR) is 114 cm³/mol. The maximum absolute atomic E-state index is 13.4. The van der Waals surface area contributed by atoms with E-state index in [1.807, 2.05) is 41.3 Å². The van der Waals surface area contributed by atoms with E-state index in [0.717, 1.165) is 16.8 Å². The highest BCUT2D eigenvalue weighted by atomic mass is 32.2. The van der Waals surface area contributed by atoms with Gasteiger partial charge >= 0.3 is 0 Å². The summed E-state index contributed by atoms with van der Waals surface area (Å²) in [4.78, 5) is 32.8. The van der Waals surface area contributed by atoms with Gasteiger partial charge in [0.2, 0.25) is 0 Å². The summed E-state index contributed by atoms with van der Waals surface area (Å²) in [6.07, 6.45) is 0. The number of para-hydroxylation sites is 2. The van der Waals surface area contributed by atoms with Crippen molar-refractivity contribution in [2.45, 2.75) is 11.4 Å². The van der Waals surface area contributed by atoms with Crippen molar-refractivity contribution in [2.75, 3.05) is 12.3 Å². The minimum absolute atomic E-state index is 0.0456. The molecule has 1 N–H and O–H groups in total. The molecule has 5 heteroatoms. The van der Waals surface area contributed by atoms with E-state index in [9.17, 15) is 9.59 Å². The smallest absolute Gasteiger partial charge is 0.256 e. The van der Waals surface area contributed by atoms with Crippen LogP contribution in [0.4, 0.5) is 0 Å². The Hall–Kier alpha value is -3.05. The molecule has 0 saturated heterocycles. The van der Waals surface area contributed by atoms with Crippen LogP contribution in [0.3, 0.4) is 0 Å². The lowest BCUT2D eigenvalue weighted by Gasteiger charge is -2.21. The summed E-state index contributed by atoms with van der Waals surface area (Å²) in [5, 5.41) is 1.19. The van der Waals surface area contributed by atoms with Crippen molar-refractivity contribution in [1.29, 1.82) is 0 Å². The second-order valence-electron chi connectivity index (χ2n) is 6.91. The van der Waals surface area contributed by atoms with Crippen LogP contribution in [0.5, 0.6) is 0 Å². The van der Waals surface area contributed by atoms with E-state index in [4.69, 9.17) is 0 Å². The van der Waals surface area contributed by atoms with Crippen LogP contribution in [-0.4, -0.2) is 28.1 Å². The number of benzene rings is 3. The first-order chi connectivity index (χ1) is 13.7. The molecule has 5 rings (SSSR count). The fraction of sp³-hybridized carbons (Fsp3) is 0.130. The zero-order valence-electron chi connectivity index (χ0n) is 15.1. The van der Waals surface area contributed by atoms with E-state index >= 15 is 0 Å². The third kappa shape index (κ3) is 2.79. The summed E-state index contributed by atoms with van der Waals surface area (Å²) in [7, 11) is 0. The lowest BCUT2D eigenvalue weighted by atomic mass is 10.0. The van der Waals surface area contributed by atoms with Crippen LogP contribution in [0.1, 0.15) is 15.9 Å². The highest BCUT2D eigenvalue weighted by molar-refractivity contribution is 7.99. The summed E-state index contributed by atoms with van der Waals surface area (Å²) in [5.74, 6) is 0.807. The van der Waals surface area contributed by atoms with Crippen LogP contribution in [0.2, 0.25) is 0 Å². The van der Waals surface area contributed by atoms with Crippen LogP contribution in [-0.2, 0) is 6.54 Å². The molecule has 1 aromatic heterocycles. The number of rotatable bonds is 1. The number of carbonyl (C=O) groups is 1. The van der Waals surface area contributed by atoms with Crippen LogP contribution in [0, 0.1) is 0 Å². The molecule has 0 spiro atoms. The SMILES string of the molecule is O=C(c1cccc2c(=O)c3ccccc3[nH]c12)N1CCSc2ccccc2C1. The normalized spacial score (nSPS) is 14.1. The molecule has 0 fully saturated rings. The molecule has 4 nitrogen and oxygen atoms in total. The van der Waals surface area contributed by atoms with E-state index in [1.54, 1.807) is 30.0 Å². The van der Waals surface area contributed by atoms with Gasteiger partial charge in [0.05, 0.1) is 11.1 Å². The number of pyridine rings is 1. The van der Waals surface area contributed by atoms with Crippen molar-refractivity contribution in [3.63, 3.8) is 0 Å². The Morgan fingerprint density at radius 1 is 0.929 bits per heavy atom. The number of nitrogens with one attached hydrogen (secondary N) is 1. The highest BCUT2D eigenvalue weighted by Crippen LogP contribution is 2.28. The molecule has 138 valence electrons. The first kappa shape index (κ1) is 17.1. The molecule has 0 saturated carbocycles. The highest BCUT2D eigenvalue weighted by Gasteiger charge is 2.22. The number of thioether (sulfide) groups is 1. The number of amides is 1. The van der Waals surface area contributed by atoms with Gasteiger partial charge in [-0.15, -0.1) is 11.8 Å². The monoisotopic (exact) mass is 386 g/mol.